The van der Waals surface area contributed by atoms with Crippen LogP contribution >= 0.6 is 0 Å². The van der Waals surface area contributed by atoms with Crippen molar-refractivity contribution in [1.29, 1.82) is 0 Å². The van der Waals surface area contributed by atoms with Crippen LogP contribution in [0.4, 0.5) is 5.69 Å². The molecule has 0 aliphatic carbocycles. The Hall–Kier alpha value is -1.84. The molecule has 0 aliphatic rings. The summed E-state index contributed by atoms with van der Waals surface area (Å²) in [4.78, 5) is 23.0. The Balaban J connectivity index is 2.41. The van der Waals surface area contributed by atoms with Crippen LogP contribution in [0, 0.1) is 5.92 Å². The fraction of sp³-hybridized carbons (Fsp3) is 0.467. The highest BCUT2D eigenvalue weighted by Gasteiger charge is 2.04. The molecule has 0 heterocycles. The Bertz CT molecular complexity index is 424. The average molecular weight is 262 g/mol. The molecule has 0 fully saturated rings. The summed E-state index contributed by atoms with van der Waals surface area (Å²) in [6.45, 7) is 6.88. The topological polar surface area (TPSA) is 58.2 Å². The molecule has 0 aliphatic heterocycles. The van der Waals surface area contributed by atoms with E-state index in [4.69, 9.17) is 0 Å². The number of carbonyl (C=O) groups is 2. The molecular weight excluding hydrogens is 240 g/mol. The van der Waals surface area contributed by atoms with Gasteiger partial charge in [-0.25, -0.2) is 0 Å². The molecule has 19 heavy (non-hydrogen) atoms. The molecule has 1 aromatic carbocycles. The third kappa shape index (κ3) is 5.55. The second-order valence-corrected chi connectivity index (χ2v) is 4.91. The van der Waals surface area contributed by atoms with Crippen molar-refractivity contribution < 1.29 is 9.59 Å². The summed E-state index contributed by atoms with van der Waals surface area (Å²) in [5.74, 6) is 0.548. The molecule has 4 heteroatoms. The number of amides is 1. The van der Waals surface area contributed by atoms with Crippen molar-refractivity contribution in [2.24, 2.45) is 5.92 Å². The lowest BCUT2D eigenvalue weighted by molar-refractivity contribution is -0.119. The molecule has 4 nitrogen and oxygen atoms in total. The summed E-state index contributed by atoms with van der Waals surface area (Å²) in [5, 5.41) is 5.86. The maximum atomic E-state index is 11.5. The normalized spacial score (nSPS) is 10.3. The van der Waals surface area contributed by atoms with E-state index in [9.17, 15) is 9.59 Å². The zero-order valence-corrected chi connectivity index (χ0v) is 11.8. The van der Waals surface area contributed by atoms with Gasteiger partial charge in [-0.1, -0.05) is 20.8 Å². The lowest BCUT2D eigenvalue weighted by atomic mass is 10.1. The first kappa shape index (κ1) is 15.2. The van der Waals surface area contributed by atoms with Gasteiger partial charge in [0.05, 0.1) is 6.54 Å². The molecule has 0 unspecified atom stereocenters. The zero-order valence-electron chi connectivity index (χ0n) is 11.8. The third-order valence-corrected chi connectivity index (χ3v) is 2.69. The highest BCUT2D eigenvalue weighted by molar-refractivity contribution is 5.96. The van der Waals surface area contributed by atoms with Crippen LogP contribution in [0.15, 0.2) is 24.3 Å². The Kier molecular flexibility index (Phi) is 6.06. The van der Waals surface area contributed by atoms with E-state index in [2.05, 4.69) is 24.5 Å². The fourth-order valence-electron chi connectivity index (χ4n) is 1.54. The second-order valence-electron chi connectivity index (χ2n) is 4.91. The summed E-state index contributed by atoms with van der Waals surface area (Å²) in [5.41, 5.74) is 1.55. The number of hydrogen-bond acceptors (Lipinski definition) is 3. The lowest BCUT2D eigenvalue weighted by Crippen LogP contribution is -2.32. The summed E-state index contributed by atoms with van der Waals surface area (Å²) in [6.07, 6.45) is 0.504. The lowest BCUT2D eigenvalue weighted by Gasteiger charge is -2.09. The minimum atomic E-state index is -0.0255. The number of hydrogen-bond donors (Lipinski definition) is 2. The van der Waals surface area contributed by atoms with Crippen LogP contribution in [-0.2, 0) is 4.79 Å². The highest BCUT2D eigenvalue weighted by Crippen LogP contribution is 2.10. The molecule has 0 bridgehead atoms. The van der Waals surface area contributed by atoms with Gasteiger partial charge in [-0.3, -0.25) is 9.59 Å². The van der Waals surface area contributed by atoms with Gasteiger partial charge in [0.1, 0.15) is 0 Å². The van der Waals surface area contributed by atoms with Crippen LogP contribution < -0.4 is 10.6 Å². The zero-order chi connectivity index (χ0) is 14.3. The van der Waals surface area contributed by atoms with Crippen molar-refractivity contribution in [2.75, 3.05) is 18.4 Å². The number of carbonyl (C=O) groups excluding carboxylic acids is 2. The van der Waals surface area contributed by atoms with Gasteiger partial charge in [0.15, 0.2) is 5.78 Å². The molecule has 0 saturated carbocycles. The smallest absolute Gasteiger partial charge is 0.239 e. The number of nitrogens with one attached hydrogen (secondary N) is 2. The van der Waals surface area contributed by atoms with E-state index >= 15 is 0 Å². The van der Waals surface area contributed by atoms with E-state index < -0.39 is 0 Å². The quantitative estimate of drug-likeness (QED) is 0.742. The van der Waals surface area contributed by atoms with Crippen LogP contribution in [0.2, 0.25) is 0 Å². The van der Waals surface area contributed by atoms with E-state index in [-0.39, 0.29) is 18.2 Å². The Morgan fingerprint density at radius 3 is 2.32 bits per heavy atom. The fourth-order valence-corrected chi connectivity index (χ4v) is 1.54. The van der Waals surface area contributed by atoms with Crippen LogP contribution in [0.5, 0.6) is 0 Å². The molecule has 0 spiro atoms. The standard InChI is InChI=1S/C15H22N2O2/c1-4-14(18)12-5-7-13(8-6-12)16-10-15(19)17-9-11(2)3/h5-8,11,16H,4,9-10H2,1-3H3,(H,17,19). The molecule has 2 N–H and O–H groups in total. The molecule has 0 radical (unpaired) electrons. The van der Waals surface area contributed by atoms with Crippen molar-refractivity contribution in [3.63, 3.8) is 0 Å². The van der Waals surface area contributed by atoms with Crippen LogP contribution in [0.3, 0.4) is 0 Å². The predicted octanol–water partition coefficient (Wildman–Crippen LogP) is 2.46. The molecule has 0 atom stereocenters. The molecule has 0 aromatic heterocycles. The third-order valence-electron chi connectivity index (χ3n) is 2.69. The molecule has 1 aromatic rings. The van der Waals surface area contributed by atoms with Crippen molar-refractivity contribution in [1.82, 2.24) is 5.32 Å². The van der Waals surface area contributed by atoms with E-state index in [1.807, 2.05) is 19.1 Å². The summed E-state index contributed by atoms with van der Waals surface area (Å²) in [7, 11) is 0. The van der Waals surface area contributed by atoms with Crippen molar-refractivity contribution >= 4 is 17.4 Å². The van der Waals surface area contributed by atoms with Gasteiger partial charge >= 0.3 is 0 Å². The number of benzene rings is 1. The monoisotopic (exact) mass is 262 g/mol. The number of Topliss-reactive ketones (excluding diaryl/α,β-unsaturated/α-hetero) is 1. The summed E-state index contributed by atoms with van der Waals surface area (Å²) >= 11 is 0. The van der Waals surface area contributed by atoms with Gasteiger partial charge in [-0.05, 0) is 30.2 Å². The van der Waals surface area contributed by atoms with Gasteiger partial charge in [-0.2, -0.15) is 0 Å². The predicted molar refractivity (Wildman–Crippen MR) is 77.4 cm³/mol. The summed E-state index contributed by atoms with van der Waals surface area (Å²) in [6, 6.07) is 7.19. The van der Waals surface area contributed by atoms with Crippen LogP contribution in [0.25, 0.3) is 0 Å². The van der Waals surface area contributed by atoms with Crippen molar-refractivity contribution in [3.05, 3.63) is 29.8 Å². The van der Waals surface area contributed by atoms with Crippen LogP contribution in [0.1, 0.15) is 37.6 Å². The molecule has 1 rings (SSSR count). The maximum Gasteiger partial charge on any atom is 0.239 e. The van der Waals surface area contributed by atoms with Crippen molar-refractivity contribution in [3.8, 4) is 0 Å². The van der Waals surface area contributed by atoms with E-state index in [0.29, 0.717) is 24.4 Å². The Morgan fingerprint density at radius 1 is 1.16 bits per heavy atom. The van der Waals surface area contributed by atoms with Gasteiger partial charge in [0.25, 0.3) is 0 Å². The number of rotatable bonds is 7. The number of ketones is 1. The largest absolute Gasteiger partial charge is 0.376 e. The SMILES string of the molecule is CCC(=O)c1ccc(NCC(=O)NCC(C)C)cc1. The van der Waals surface area contributed by atoms with Gasteiger partial charge in [0, 0.05) is 24.2 Å². The Labute approximate surface area is 114 Å². The van der Waals surface area contributed by atoms with Gasteiger partial charge in [-0.15, -0.1) is 0 Å². The van der Waals surface area contributed by atoms with E-state index in [0.717, 1.165) is 5.69 Å². The van der Waals surface area contributed by atoms with Gasteiger partial charge < -0.3 is 10.6 Å². The van der Waals surface area contributed by atoms with E-state index in [1.54, 1.807) is 12.1 Å². The second kappa shape index (κ2) is 7.56. The summed E-state index contributed by atoms with van der Waals surface area (Å²) < 4.78 is 0. The minimum Gasteiger partial charge on any atom is -0.376 e. The van der Waals surface area contributed by atoms with Gasteiger partial charge in [0.2, 0.25) is 5.91 Å². The van der Waals surface area contributed by atoms with E-state index in [1.165, 1.54) is 0 Å². The van der Waals surface area contributed by atoms with Crippen molar-refractivity contribution in [2.45, 2.75) is 27.2 Å². The maximum absolute atomic E-state index is 11.5. The molecule has 1 amide bonds. The number of anilines is 1. The molecular formula is C15H22N2O2. The Morgan fingerprint density at radius 2 is 1.79 bits per heavy atom. The molecule has 0 saturated heterocycles. The first-order valence-corrected chi connectivity index (χ1v) is 6.66. The minimum absolute atomic E-state index is 0.0255. The van der Waals surface area contributed by atoms with Crippen LogP contribution in [-0.4, -0.2) is 24.8 Å². The highest BCUT2D eigenvalue weighted by atomic mass is 16.2. The first-order chi connectivity index (χ1) is 9.02. The first-order valence-electron chi connectivity index (χ1n) is 6.66. The average Bonchev–Trinajstić information content (AvgIpc) is 2.42. The molecule has 104 valence electrons.